The topological polar surface area (TPSA) is 121 Å². The van der Waals surface area contributed by atoms with Crippen molar-refractivity contribution in [1.82, 2.24) is 19.9 Å². The summed E-state index contributed by atoms with van der Waals surface area (Å²) in [4.78, 5) is 33.8. The number of nitrogens with zero attached hydrogens (tertiary/aromatic N) is 6. The Morgan fingerprint density at radius 2 is 1.88 bits per heavy atom. The molecule has 0 unspecified atom stereocenters. The fraction of sp³-hybridized carbons (Fsp3) is 0.556. The second-order valence-electron chi connectivity index (χ2n) is 14.0. The van der Waals surface area contributed by atoms with E-state index in [0.29, 0.717) is 30.7 Å². The van der Waals surface area contributed by atoms with Crippen molar-refractivity contribution in [3.63, 3.8) is 0 Å². The molecule has 12 heteroatoms. The minimum absolute atomic E-state index is 0.0455. The van der Waals surface area contributed by atoms with E-state index in [9.17, 15) is 13.2 Å². The SMILES string of the molecule is C=CC(=O)N1CCCC[C@@H]1c1cc(N2C[C@H](CS(C)(=O)=O)[C@H]2C)c2cnc(Nc3ccnc(N4CCC(OC)CC4)n3)cc2c1C(C)C. The number of amides is 1. The number of likely N-dealkylation sites (tertiary alicyclic amines) is 1. The molecular formula is C36H49N7O4S. The lowest BCUT2D eigenvalue weighted by Gasteiger charge is -2.49. The van der Waals surface area contributed by atoms with Crippen LogP contribution in [0.25, 0.3) is 10.8 Å². The molecule has 3 atom stereocenters. The fourth-order valence-electron chi connectivity index (χ4n) is 7.78. The second-order valence-corrected chi connectivity index (χ2v) is 16.1. The summed E-state index contributed by atoms with van der Waals surface area (Å²) in [5.74, 6) is 2.36. The number of hydrogen-bond acceptors (Lipinski definition) is 10. The van der Waals surface area contributed by atoms with Gasteiger partial charge in [-0.05, 0) is 85.7 Å². The highest BCUT2D eigenvalue weighted by atomic mass is 32.2. The van der Waals surface area contributed by atoms with E-state index in [1.807, 2.05) is 17.2 Å². The Labute approximate surface area is 284 Å². The molecule has 3 aromatic rings. The van der Waals surface area contributed by atoms with E-state index in [2.05, 4.69) is 59.6 Å². The number of methoxy groups -OCH3 is 1. The van der Waals surface area contributed by atoms with Crippen molar-refractivity contribution in [2.45, 2.75) is 77.0 Å². The number of sulfone groups is 1. The molecule has 6 rings (SSSR count). The van der Waals surface area contributed by atoms with Gasteiger partial charge in [-0.25, -0.2) is 18.4 Å². The lowest BCUT2D eigenvalue weighted by Crippen LogP contribution is -2.57. The molecule has 2 aromatic heterocycles. The highest BCUT2D eigenvalue weighted by Crippen LogP contribution is 2.45. The van der Waals surface area contributed by atoms with Crippen LogP contribution in [0.5, 0.6) is 0 Å². The zero-order chi connectivity index (χ0) is 34.2. The highest BCUT2D eigenvalue weighted by Gasteiger charge is 2.39. The lowest BCUT2D eigenvalue weighted by molar-refractivity contribution is -0.129. The van der Waals surface area contributed by atoms with Gasteiger partial charge in [0.05, 0.1) is 17.9 Å². The molecule has 1 amide bonds. The average molecular weight is 676 g/mol. The zero-order valence-electron chi connectivity index (χ0n) is 28.9. The quantitative estimate of drug-likeness (QED) is 0.271. The van der Waals surface area contributed by atoms with Crippen LogP contribution in [0.15, 0.2) is 43.2 Å². The molecule has 1 aromatic carbocycles. The Balaban J connectivity index is 1.41. The molecule has 0 aliphatic carbocycles. The Morgan fingerprint density at radius 1 is 1.10 bits per heavy atom. The molecule has 0 saturated carbocycles. The molecule has 0 bridgehead atoms. The van der Waals surface area contributed by atoms with Crippen LogP contribution in [0.4, 0.5) is 23.3 Å². The number of pyridine rings is 1. The minimum atomic E-state index is -3.10. The maximum absolute atomic E-state index is 13.1. The van der Waals surface area contributed by atoms with E-state index in [1.165, 1.54) is 17.9 Å². The normalized spacial score (nSPS) is 22.2. The summed E-state index contributed by atoms with van der Waals surface area (Å²) in [7, 11) is -1.33. The number of anilines is 4. The third kappa shape index (κ3) is 7.01. The van der Waals surface area contributed by atoms with Crippen molar-refractivity contribution in [3.05, 3.63) is 54.4 Å². The zero-order valence-corrected chi connectivity index (χ0v) is 29.7. The van der Waals surface area contributed by atoms with Gasteiger partial charge in [-0.3, -0.25) is 4.79 Å². The predicted octanol–water partition coefficient (Wildman–Crippen LogP) is 5.62. The first-order valence-corrected chi connectivity index (χ1v) is 19.2. The summed E-state index contributed by atoms with van der Waals surface area (Å²) in [6.45, 7) is 13.3. The third-order valence-electron chi connectivity index (χ3n) is 10.4. The first-order valence-electron chi connectivity index (χ1n) is 17.2. The molecule has 48 heavy (non-hydrogen) atoms. The second kappa shape index (κ2) is 14.0. The standard InChI is InChI=1S/C36H49N7O4S/c1-7-34(44)42-15-9-8-10-30(42)28-18-31(43-21-25(24(43)4)22-48(6,45)46)29-20-38-33(19-27(29)35(28)23(2)3)39-32-11-14-37-36(40-32)41-16-12-26(47-5)13-17-41/h7,11,14,18-20,23-26,30H,1,8-10,12-13,15-17,21-22H2,2-6H3,(H,37,38,39,40)/t24-,25-,30-/m1/s1. The summed E-state index contributed by atoms with van der Waals surface area (Å²) in [5, 5.41) is 5.53. The van der Waals surface area contributed by atoms with E-state index < -0.39 is 9.84 Å². The Bertz CT molecular complexity index is 1770. The van der Waals surface area contributed by atoms with Crippen LogP contribution in [0.1, 0.15) is 76.0 Å². The van der Waals surface area contributed by atoms with Crippen LogP contribution in [-0.4, -0.2) is 91.6 Å². The van der Waals surface area contributed by atoms with Crippen LogP contribution >= 0.6 is 0 Å². The van der Waals surface area contributed by atoms with Gasteiger partial charge in [0.15, 0.2) is 0 Å². The summed E-state index contributed by atoms with van der Waals surface area (Å²) in [6, 6.07) is 6.17. The van der Waals surface area contributed by atoms with Crippen LogP contribution in [0, 0.1) is 5.92 Å². The number of carbonyl (C=O) groups excluding carboxylic acids is 1. The number of ether oxygens (including phenoxy) is 1. The van der Waals surface area contributed by atoms with Crippen molar-refractivity contribution in [1.29, 1.82) is 0 Å². The summed E-state index contributed by atoms with van der Waals surface area (Å²) in [5.41, 5.74) is 3.36. The molecule has 0 spiro atoms. The maximum atomic E-state index is 13.1. The fourth-order valence-corrected chi connectivity index (χ4v) is 8.94. The van der Waals surface area contributed by atoms with Crippen LogP contribution in [-0.2, 0) is 19.4 Å². The van der Waals surface area contributed by atoms with Crippen molar-refractivity contribution in [2.24, 2.45) is 5.92 Å². The monoisotopic (exact) mass is 675 g/mol. The number of carbonyl (C=O) groups is 1. The molecular weight excluding hydrogens is 627 g/mol. The van der Waals surface area contributed by atoms with Gasteiger partial charge in [0.2, 0.25) is 11.9 Å². The van der Waals surface area contributed by atoms with Crippen molar-refractivity contribution in [3.8, 4) is 0 Å². The number of hydrogen-bond donors (Lipinski definition) is 1. The van der Waals surface area contributed by atoms with E-state index in [4.69, 9.17) is 14.7 Å². The summed E-state index contributed by atoms with van der Waals surface area (Å²) < 4.78 is 29.9. The summed E-state index contributed by atoms with van der Waals surface area (Å²) >= 11 is 0. The molecule has 5 heterocycles. The van der Waals surface area contributed by atoms with Gasteiger partial charge in [-0.2, -0.15) is 4.98 Å². The Morgan fingerprint density at radius 3 is 2.54 bits per heavy atom. The number of fused-ring (bicyclic) bond motifs is 1. The van der Waals surface area contributed by atoms with Crippen molar-refractivity contribution >= 4 is 49.8 Å². The molecule has 1 N–H and O–H groups in total. The van der Waals surface area contributed by atoms with E-state index in [0.717, 1.165) is 67.2 Å². The first-order chi connectivity index (χ1) is 23.0. The first kappa shape index (κ1) is 34.1. The number of nitrogens with one attached hydrogen (secondary N) is 1. The summed E-state index contributed by atoms with van der Waals surface area (Å²) in [6.07, 6.45) is 11.5. The maximum Gasteiger partial charge on any atom is 0.246 e. The predicted molar refractivity (Wildman–Crippen MR) is 192 cm³/mol. The molecule has 3 aliphatic heterocycles. The van der Waals surface area contributed by atoms with Crippen LogP contribution < -0.4 is 15.1 Å². The number of rotatable bonds is 10. The van der Waals surface area contributed by atoms with Crippen LogP contribution in [0.2, 0.25) is 0 Å². The molecule has 3 aliphatic rings. The Kier molecular flexibility index (Phi) is 9.94. The number of aromatic nitrogens is 3. The van der Waals surface area contributed by atoms with Gasteiger partial charge >= 0.3 is 0 Å². The van der Waals surface area contributed by atoms with Gasteiger partial charge in [-0.1, -0.05) is 20.4 Å². The Hall–Kier alpha value is -3.77. The number of benzene rings is 1. The van der Waals surface area contributed by atoms with Gasteiger partial charge in [-0.15, -0.1) is 0 Å². The van der Waals surface area contributed by atoms with E-state index in [1.54, 1.807) is 13.3 Å². The molecule has 3 fully saturated rings. The van der Waals surface area contributed by atoms with Crippen molar-refractivity contribution in [2.75, 3.05) is 60.4 Å². The van der Waals surface area contributed by atoms with Gasteiger partial charge in [0.25, 0.3) is 0 Å². The van der Waals surface area contributed by atoms with Crippen molar-refractivity contribution < 1.29 is 17.9 Å². The van der Waals surface area contributed by atoms with Gasteiger partial charge in [0.1, 0.15) is 21.5 Å². The largest absolute Gasteiger partial charge is 0.381 e. The van der Waals surface area contributed by atoms with Gasteiger partial charge in [0, 0.05) is 75.0 Å². The van der Waals surface area contributed by atoms with E-state index >= 15 is 0 Å². The minimum Gasteiger partial charge on any atom is -0.381 e. The van der Waals surface area contributed by atoms with Gasteiger partial charge < -0.3 is 24.8 Å². The molecule has 0 radical (unpaired) electrons. The molecule has 11 nitrogen and oxygen atoms in total. The average Bonchev–Trinajstić information content (AvgIpc) is 3.08. The molecule has 258 valence electrons. The smallest absolute Gasteiger partial charge is 0.246 e. The van der Waals surface area contributed by atoms with Crippen LogP contribution in [0.3, 0.4) is 0 Å². The lowest BCUT2D eigenvalue weighted by atomic mass is 9.82. The third-order valence-corrected chi connectivity index (χ3v) is 11.4. The molecule has 3 saturated heterocycles. The number of piperidine rings is 2. The van der Waals surface area contributed by atoms with E-state index in [-0.39, 0.29) is 41.7 Å². The highest BCUT2D eigenvalue weighted by molar-refractivity contribution is 7.90.